The summed E-state index contributed by atoms with van der Waals surface area (Å²) >= 11 is 0. The van der Waals surface area contributed by atoms with Gasteiger partial charge < -0.3 is 9.64 Å². The maximum atomic E-state index is 12.2. The molecule has 21 heavy (non-hydrogen) atoms. The molecule has 0 radical (unpaired) electrons. The Morgan fingerprint density at radius 3 is 2.90 bits per heavy atom. The van der Waals surface area contributed by atoms with Crippen molar-refractivity contribution in [3.8, 4) is 0 Å². The molecule has 0 saturated heterocycles. The van der Waals surface area contributed by atoms with Crippen molar-refractivity contribution in [1.82, 2.24) is 9.88 Å². The van der Waals surface area contributed by atoms with Gasteiger partial charge in [-0.2, -0.15) is 0 Å². The molecule has 4 nitrogen and oxygen atoms in total. The Labute approximate surface area is 125 Å². The number of rotatable bonds is 5. The second kappa shape index (κ2) is 5.41. The lowest BCUT2D eigenvalue weighted by Gasteiger charge is -2.30. The lowest BCUT2D eigenvalue weighted by Crippen LogP contribution is -2.37. The Morgan fingerprint density at radius 1 is 1.29 bits per heavy atom. The maximum Gasteiger partial charge on any atom is 0.225 e. The third-order valence-corrected chi connectivity index (χ3v) is 4.78. The van der Waals surface area contributed by atoms with Crippen LogP contribution in [0.15, 0.2) is 12.4 Å². The predicted octanol–water partition coefficient (Wildman–Crippen LogP) is 2.30. The molecule has 0 bridgehead atoms. The molecule has 0 aromatic carbocycles. The fourth-order valence-corrected chi connectivity index (χ4v) is 3.09. The van der Waals surface area contributed by atoms with Crippen LogP contribution in [0.1, 0.15) is 42.4 Å². The van der Waals surface area contributed by atoms with Gasteiger partial charge >= 0.3 is 0 Å². The molecule has 2 fully saturated rings. The summed E-state index contributed by atoms with van der Waals surface area (Å²) in [6.45, 7) is 3.13. The standard InChI is InChI=1S/C17H22N2O2/c20-17(13-3-4-13)19-6-5-16-14(9-19)7-18-8-15(16)11-21-10-12-1-2-12/h7-8,12-13H,1-6,9-11H2. The first kappa shape index (κ1) is 13.3. The maximum absolute atomic E-state index is 12.2. The molecule has 1 aromatic heterocycles. The van der Waals surface area contributed by atoms with Crippen molar-refractivity contribution in [2.75, 3.05) is 13.2 Å². The van der Waals surface area contributed by atoms with Crippen molar-refractivity contribution in [2.24, 2.45) is 11.8 Å². The highest BCUT2D eigenvalue weighted by Crippen LogP contribution is 2.33. The van der Waals surface area contributed by atoms with E-state index in [2.05, 4.69) is 4.98 Å². The Morgan fingerprint density at radius 2 is 2.14 bits per heavy atom. The first-order valence-corrected chi connectivity index (χ1v) is 8.12. The number of carbonyl (C=O) groups excluding carboxylic acids is 1. The van der Waals surface area contributed by atoms with Crippen molar-refractivity contribution >= 4 is 5.91 Å². The summed E-state index contributed by atoms with van der Waals surface area (Å²) in [6, 6.07) is 0. The number of carbonyl (C=O) groups is 1. The SMILES string of the molecule is O=C(C1CC1)N1CCc2c(COCC3CC3)cncc2C1. The van der Waals surface area contributed by atoms with Crippen LogP contribution in [0.5, 0.6) is 0 Å². The minimum absolute atomic E-state index is 0.310. The van der Waals surface area contributed by atoms with E-state index < -0.39 is 0 Å². The highest BCUT2D eigenvalue weighted by Gasteiger charge is 2.34. The van der Waals surface area contributed by atoms with Crippen molar-refractivity contribution in [2.45, 2.75) is 45.3 Å². The average Bonchev–Trinajstić information content (AvgIpc) is 3.38. The van der Waals surface area contributed by atoms with Gasteiger partial charge in [0, 0.05) is 38.0 Å². The molecule has 4 heteroatoms. The summed E-state index contributed by atoms with van der Waals surface area (Å²) in [6.07, 6.45) is 9.60. The molecular weight excluding hydrogens is 264 g/mol. The molecule has 1 aliphatic heterocycles. The molecule has 2 heterocycles. The molecule has 0 N–H and O–H groups in total. The van der Waals surface area contributed by atoms with Crippen LogP contribution < -0.4 is 0 Å². The van der Waals surface area contributed by atoms with Crippen molar-refractivity contribution in [3.63, 3.8) is 0 Å². The number of ether oxygens (including phenoxy) is 1. The van der Waals surface area contributed by atoms with Crippen LogP contribution in [0.4, 0.5) is 0 Å². The Hall–Kier alpha value is -1.42. The Balaban J connectivity index is 1.43. The van der Waals surface area contributed by atoms with E-state index in [1.54, 1.807) is 0 Å². The van der Waals surface area contributed by atoms with Gasteiger partial charge in [-0.05, 0) is 54.7 Å². The second-order valence-corrected chi connectivity index (χ2v) is 6.68. The van der Waals surface area contributed by atoms with Gasteiger partial charge in [0.05, 0.1) is 6.61 Å². The number of aromatic nitrogens is 1. The minimum atomic E-state index is 0.310. The van der Waals surface area contributed by atoms with E-state index in [0.29, 0.717) is 18.4 Å². The van der Waals surface area contributed by atoms with Crippen LogP contribution in [0.2, 0.25) is 0 Å². The molecule has 4 rings (SSSR count). The molecule has 0 atom stereocenters. The summed E-state index contributed by atoms with van der Waals surface area (Å²) in [5.41, 5.74) is 3.79. The van der Waals surface area contributed by atoms with E-state index in [9.17, 15) is 4.79 Å². The monoisotopic (exact) mass is 286 g/mol. The summed E-state index contributed by atoms with van der Waals surface area (Å²) in [5, 5.41) is 0. The van der Waals surface area contributed by atoms with Crippen LogP contribution in [0.25, 0.3) is 0 Å². The Kier molecular flexibility index (Phi) is 3.42. The van der Waals surface area contributed by atoms with E-state index in [1.807, 2.05) is 17.3 Å². The van der Waals surface area contributed by atoms with Gasteiger partial charge in [0.25, 0.3) is 0 Å². The molecule has 3 aliphatic rings. The van der Waals surface area contributed by atoms with Gasteiger partial charge in [-0.25, -0.2) is 0 Å². The average molecular weight is 286 g/mol. The topological polar surface area (TPSA) is 42.4 Å². The van der Waals surface area contributed by atoms with Crippen molar-refractivity contribution in [1.29, 1.82) is 0 Å². The predicted molar refractivity (Wildman–Crippen MR) is 78.5 cm³/mol. The van der Waals surface area contributed by atoms with Crippen LogP contribution in [0, 0.1) is 11.8 Å². The number of pyridine rings is 1. The highest BCUT2D eigenvalue weighted by molar-refractivity contribution is 5.81. The quantitative estimate of drug-likeness (QED) is 0.834. The van der Waals surface area contributed by atoms with Crippen LogP contribution >= 0.6 is 0 Å². The third kappa shape index (κ3) is 2.95. The largest absolute Gasteiger partial charge is 0.376 e. The molecular formula is C17H22N2O2. The molecule has 2 saturated carbocycles. The van der Waals surface area contributed by atoms with Gasteiger partial charge in [-0.3, -0.25) is 9.78 Å². The lowest BCUT2D eigenvalue weighted by molar-refractivity contribution is -0.133. The summed E-state index contributed by atoms with van der Waals surface area (Å²) in [7, 11) is 0. The van der Waals surface area contributed by atoms with Gasteiger partial charge in [0.2, 0.25) is 5.91 Å². The summed E-state index contributed by atoms with van der Waals surface area (Å²) < 4.78 is 5.81. The number of fused-ring (bicyclic) bond motifs is 1. The van der Waals surface area contributed by atoms with Crippen LogP contribution in [0.3, 0.4) is 0 Å². The fraction of sp³-hybridized carbons (Fsp3) is 0.647. The third-order valence-electron chi connectivity index (χ3n) is 4.78. The first-order valence-electron chi connectivity index (χ1n) is 8.12. The number of hydrogen-bond donors (Lipinski definition) is 0. The zero-order chi connectivity index (χ0) is 14.2. The van der Waals surface area contributed by atoms with Crippen LogP contribution in [-0.4, -0.2) is 28.9 Å². The smallest absolute Gasteiger partial charge is 0.225 e. The number of amides is 1. The fourth-order valence-electron chi connectivity index (χ4n) is 3.09. The zero-order valence-corrected chi connectivity index (χ0v) is 12.4. The van der Waals surface area contributed by atoms with Gasteiger partial charge in [-0.1, -0.05) is 0 Å². The minimum Gasteiger partial charge on any atom is -0.376 e. The zero-order valence-electron chi connectivity index (χ0n) is 12.4. The highest BCUT2D eigenvalue weighted by atomic mass is 16.5. The number of nitrogens with zero attached hydrogens (tertiary/aromatic N) is 2. The van der Waals surface area contributed by atoms with E-state index >= 15 is 0 Å². The van der Waals surface area contributed by atoms with E-state index in [-0.39, 0.29) is 0 Å². The van der Waals surface area contributed by atoms with E-state index in [0.717, 1.165) is 44.9 Å². The lowest BCUT2D eigenvalue weighted by atomic mass is 9.97. The summed E-state index contributed by atoms with van der Waals surface area (Å²) in [5.74, 6) is 1.45. The molecule has 2 aliphatic carbocycles. The van der Waals surface area contributed by atoms with E-state index in [1.165, 1.54) is 29.5 Å². The van der Waals surface area contributed by atoms with Gasteiger partial charge in [0.1, 0.15) is 0 Å². The molecule has 0 unspecified atom stereocenters. The summed E-state index contributed by atoms with van der Waals surface area (Å²) in [4.78, 5) is 18.5. The molecule has 1 aromatic rings. The van der Waals surface area contributed by atoms with Crippen LogP contribution in [-0.2, 0) is 29.1 Å². The first-order chi connectivity index (χ1) is 10.3. The Bertz CT molecular complexity index is 550. The molecule has 1 amide bonds. The van der Waals surface area contributed by atoms with Gasteiger partial charge in [-0.15, -0.1) is 0 Å². The van der Waals surface area contributed by atoms with Crippen molar-refractivity contribution < 1.29 is 9.53 Å². The second-order valence-electron chi connectivity index (χ2n) is 6.68. The molecule has 0 spiro atoms. The van der Waals surface area contributed by atoms with Crippen molar-refractivity contribution in [3.05, 3.63) is 29.1 Å². The van der Waals surface area contributed by atoms with E-state index in [4.69, 9.17) is 4.74 Å². The number of hydrogen-bond acceptors (Lipinski definition) is 3. The normalized spacial score (nSPS) is 21.2. The van der Waals surface area contributed by atoms with Gasteiger partial charge in [0.15, 0.2) is 0 Å². The molecule has 112 valence electrons.